The van der Waals surface area contributed by atoms with Crippen molar-refractivity contribution >= 4 is 5.91 Å². The SMILES string of the molecule is CCOc1cccc(CCNC(=O)[C@@H]2CCCN2)c1. The molecule has 1 atom stereocenters. The first-order chi connectivity index (χ1) is 9.29. The Balaban J connectivity index is 1.75. The highest BCUT2D eigenvalue weighted by atomic mass is 16.5. The molecule has 1 aliphatic rings. The van der Waals surface area contributed by atoms with Crippen molar-refractivity contribution in [3.05, 3.63) is 29.8 Å². The van der Waals surface area contributed by atoms with Gasteiger partial charge in [0.05, 0.1) is 12.6 Å². The average molecular weight is 262 g/mol. The van der Waals surface area contributed by atoms with E-state index in [0.717, 1.165) is 31.6 Å². The van der Waals surface area contributed by atoms with Gasteiger partial charge in [-0.1, -0.05) is 12.1 Å². The summed E-state index contributed by atoms with van der Waals surface area (Å²) in [7, 11) is 0. The summed E-state index contributed by atoms with van der Waals surface area (Å²) in [5, 5.41) is 6.18. The van der Waals surface area contributed by atoms with Crippen LogP contribution >= 0.6 is 0 Å². The first-order valence-electron chi connectivity index (χ1n) is 7.02. The minimum Gasteiger partial charge on any atom is -0.494 e. The number of hydrogen-bond donors (Lipinski definition) is 2. The lowest BCUT2D eigenvalue weighted by atomic mass is 10.1. The van der Waals surface area contributed by atoms with Crippen molar-refractivity contribution in [2.24, 2.45) is 0 Å². The fraction of sp³-hybridized carbons (Fsp3) is 0.533. The molecule has 0 aliphatic carbocycles. The molecular formula is C15H22N2O2. The molecule has 0 unspecified atom stereocenters. The van der Waals surface area contributed by atoms with E-state index in [-0.39, 0.29) is 11.9 Å². The predicted octanol–water partition coefficient (Wildman–Crippen LogP) is 1.50. The van der Waals surface area contributed by atoms with Crippen molar-refractivity contribution in [3.8, 4) is 5.75 Å². The normalized spacial score (nSPS) is 18.3. The fourth-order valence-electron chi connectivity index (χ4n) is 2.32. The number of hydrogen-bond acceptors (Lipinski definition) is 3. The van der Waals surface area contributed by atoms with Crippen LogP contribution in [0, 0.1) is 0 Å². The largest absolute Gasteiger partial charge is 0.494 e. The maximum Gasteiger partial charge on any atom is 0.237 e. The first-order valence-corrected chi connectivity index (χ1v) is 7.02. The molecular weight excluding hydrogens is 240 g/mol. The maximum atomic E-state index is 11.8. The molecule has 2 rings (SSSR count). The number of benzene rings is 1. The molecule has 2 N–H and O–H groups in total. The summed E-state index contributed by atoms with van der Waals surface area (Å²) in [6.45, 7) is 4.27. The zero-order valence-corrected chi connectivity index (χ0v) is 11.4. The lowest BCUT2D eigenvalue weighted by Crippen LogP contribution is -2.41. The summed E-state index contributed by atoms with van der Waals surface area (Å²) >= 11 is 0. The van der Waals surface area contributed by atoms with Crippen molar-refractivity contribution in [1.29, 1.82) is 0 Å². The molecule has 0 radical (unpaired) electrons. The summed E-state index contributed by atoms with van der Waals surface area (Å²) in [5.74, 6) is 1.02. The zero-order chi connectivity index (χ0) is 13.5. The Kier molecular flexibility index (Phi) is 5.21. The molecule has 4 nitrogen and oxygen atoms in total. The van der Waals surface area contributed by atoms with Crippen LogP contribution in [-0.2, 0) is 11.2 Å². The van der Waals surface area contributed by atoms with Crippen LogP contribution in [0.1, 0.15) is 25.3 Å². The number of nitrogens with one attached hydrogen (secondary N) is 2. The second kappa shape index (κ2) is 7.14. The molecule has 0 saturated carbocycles. The lowest BCUT2D eigenvalue weighted by Gasteiger charge is -2.11. The third-order valence-corrected chi connectivity index (χ3v) is 3.30. The van der Waals surface area contributed by atoms with Crippen molar-refractivity contribution in [1.82, 2.24) is 10.6 Å². The highest BCUT2D eigenvalue weighted by molar-refractivity contribution is 5.81. The molecule has 1 aliphatic heterocycles. The third-order valence-electron chi connectivity index (χ3n) is 3.30. The Morgan fingerprint density at radius 2 is 2.42 bits per heavy atom. The van der Waals surface area contributed by atoms with Crippen LogP contribution in [0.15, 0.2) is 24.3 Å². The molecule has 1 aromatic carbocycles. The van der Waals surface area contributed by atoms with E-state index in [1.807, 2.05) is 25.1 Å². The van der Waals surface area contributed by atoms with E-state index in [4.69, 9.17) is 4.74 Å². The van der Waals surface area contributed by atoms with E-state index in [0.29, 0.717) is 13.2 Å². The summed E-state index contributed by atoms with van der Waals surface area (Å²) < 4.78 is 5.46. The van der Waals surface area contributed by atoms with Crippen LogP contribution in [0.4, 0.5) is 0 Å². The highest BCUT2D eigenvalue weighted by Gasteiger charge is 2.21. The minimum atomic E-state index is 0.00904. The number of ether oxygens (including phenoxy) is 1. The number of amides is 1. The van der Waals surface area contributed by atoms with E-state index in [2.05, 4.69) is 16.7 Å². The van der Waals surface area contributed by atoms with Gasteiger partial charge in [0, 0.05) is 6.54 Å². The Bertz CT molecular complexity index is 414. The fourth-order valence-corrected chi connectivity index (χ4v) is 2.32. The molecule has 0 aromatic heterocycles. The van der Waals surface area contributed by atoms with Crippen LogP contribution in [0.25, 0.3) is 0 Å². The van der Waals surface area contributed by atoms with Gasteiger partial charge in [-0.25, -0.2) is 0 Å². The van der Waals surface area contributed by atoms with E-state index in [1.165, 1.54) is 5.56 Å². The average Bonchev–Trinajstić information content (AvgIpc) is 2.93. The van der Waals surface area contributed by atoms with E-state index >= 15 is 0 Å². The second-order valence-corrected chi connectivity index (χ2v) is 4.77. The van der Waals surface area contributed by atoms with Gasteiger partial charge in [0.2, 0.25) is 5.91 Å². The van der Waals surface area contributed by atoms with Gasteiger partial charge in [-0.05, 0) is 50.4 Å². The van der Waals surface area contributed by atoms with Gasteiger partial charge in [-0.2, -0.15) is 0 Å². The van der Waals surface area contributed by atoms with E-state index in [1.54, 1.807) is 0 Å². The number of carbonyl (C=O) groups excluding carboxylic acids is 1. The van der Waals surface area contributed by atoms with Gasteiger partial charge in [0.15, 0.2) is 0 Å². The quantitative estimate of drug-likeness (QED) is 0.817. The highest BCUT2D eigenvalue weighted by Crippen LogP contribution is 2.13. The smallest absolute Gasteiger partial charge is 0.237 e. The van der Waals surface area contributed by atoms with Crippen molar-refractivity contribution < 1.29 is 9.53 Å². The summed E-state index contributed by atoms with van der Waals surface area (Å²) in [6.07, 6.45) is 2.87. The molecule has 1 amide bonds. The second-order valence-electron chi connectivity index (χ2n) is 4.77. The summed E-state index contributed by atoms with van der Waals surface area (Å²) in [6, 6.07) is 8.04. The standard InChI is InChI=1S/C15H22N2O2/c1-2-19-13-6-3-5-12(11-13)8-10-17-15(18)14-7-4-9-16-14/h3,5-6,11,14,16H,2,4,7-10H2,1H3,(H,17,18)/t14-/m0/s1. The van der Waals surface area contributed by atoms with Gasteiger partial charge < -0.3 is 15.4 Å². The van der Waals surface area contributed by atoms with Crippen LogP contribution in [-0.4, -0.2) is 31.6 Å². The Morgan fingerprint density at radius 1 is 1.53 bits per heavy atom. The molecule has 0 spiro atoms. The monoisotopic (exact) mass is 262 g/mol. The molecule has 1 heterocycles. The minimum absolute atomic E-state index is 0.00904. The molecule has 104 valence electrons. The predicted molar refractivity (Wildman–Crippen MR) is 75.3 cm³/mol. The van der Waals surface area contributed by atoms with E-state index < -0.39 is 0 Å². The van der Waals surface area contributed by atoms with Crippen LogP contribution < -0.4 is 15.4 Å². The maximum absolute atomic E-state index is 11.8. The van der Waals surface area contributed by atoms with Gasteiger partial charge in [0.1, 0.15) is 5.75 Å². The van der Waals surface area contributed by atoms with Crippen molar-refractivity contribution in [2.45, 2.75) is 32.2 Å². The molecule has 1 saturated heterocycles. The summed E-state index contributed by atoms with van der Waals surface area (Å²) in [5.41, 5.74) is 1.19. The summed E-state index contributed by atoms with van der Waals surface area (Å²) in [4.78, 5) is 11.8. The molecule has 1 aromatic rings. The molecule has 0 bridgehead atoms. The lowest BCUT2D eigenvalue weighted by molar-refractivity contribution is -0.122. The van der Waals surface area contributed by atoms with Crippen LogP contribution in [0.5, 0.6) is 5.75 Å². The topological polar surface area (TPSA) is 50.4 Å². The third kappa shape index (κ3) is 4.24. The zero-order valence-electron chi connectivity index (χ0n) is 11.4. The molecule has 1 fully saturated rings. The Morgan fingerprint density at radius 3 is 3.16 bits per heavy atom. The molecule has 19 heavy (non-hydrogen) atoms. The van der Waals surface area contributed by atoms with Crippen molar-refractivity contribution in [3.63, 3.8) is 0 Å². The van der Waals surface area contributed by atoms with Gasteiger partial charge in [-0.3, -0.25) is 4.79 Å². The number of carbonyl (C=O) groups is 1. The van der Waals surface area contributed by atoms with Gasteiger partial charge in [-0.15, -0.1) is 0 Å². The Labute approximate surface area is 114 Å². The Hall–Kier alpha value is -1.55. The molecule has 4 heteroatoms. The number of rotatable bonds is 6. The van der Waals surface area contributed by atoms with Crippen molar-refractivity contribution in [2.75, 3.05) is 19.7 Å². The van der Waals surface area contributed by atoms with Crippen LogP contribution in [0.2, 0.25) is 0 Å². The van der Waals surface area contributed by atoms with Crippen LogP contribution in [0.3, 0.4) is 0 Å². The first kappa shape index (κ1) is 13.9. The van der Waals surface area contributed by atoms with Gasteiger partial charge in [0.25, 0.3) is 0 Å². The van der Waals surface area contributed by atoms with E-state index in [9.17, 15) is 4.79 Å². The van der Waals surface area contributed by atoms with Gasteiger partial charge >= 0.3 is 0 Å².